The van der Waals surface area contributed by atoms with Crippen molar-refractivity contribution in [2.45, 2.75) is 12.1 Å². The molecule has 2 rings (SSSR count). The second-order valence-electron chi connectivity index (χ2n) is 4.41. The van der Waals surface area contributed by atoms with Gasteiger partial charge in [-0.15, -0.1) is 0 Å². The van der Waals surface area contributed by atoms with E-state index >= 15 is 0 Å². The quantitative estimate of drug-likeness (QED) is 0.708. The SMILES string of the molecule is O=C(NC1COCC1C(=O)O)C(O)c1ccccc1. The summed E-state index contributed by atoms with van der Waals surface area (Å²) in [6, 6.07) is 7.85. The molecule has 3 unspecified atom stereocenters. The smallest absolute Gasteiger partial charge is 0.311 e. The van der Waals surface area contributed by atoms with Gasteiger partial charge >= 0.3 is 5.97 Å². The molecule has 6 heteroatoms. The summed E-state index contributed by atoms with van der Waals surface area (Å²) in [6.45, 7) is 0.214. The molecule has 3 N–H and O–H groups in total. The summed E-state index contributed by atoms with van der Waals surface area (Å²) >= 11 is 0. The molecule has 6 nitrogen and oxygen atoms in total. The minimum atomic E-state index is -1.31. The molecular formula is C13H15NO5. The van der Waals surface area contributed by atoms with Crippen LogP contribution in [0.1, 0.15) is 11.7 Å². The van der Waals surface area contributed by atoms with Gasteiger partial charge in [0, 0.05) is 0 Å². The van der Waals surface area contributed by atoms with E-state index in [-0.39, 0.29) is 13.2 Å². The molecule has 1 aliphatic heterocycles. The van der Waals surface area contributed by atoms with Gasteiger partial charge in [-0.3, -0.25) is 9.59 Å². The lowest BCUT2D eigenvalue weighted by molar-refractivity contribution is -0.142. The fourth-order valence-corrected chi connectivity index (χ4v) is 1.99. The van der Waals surface area contributed by atoms with Crippen LogP contribution in [0.15, 0.2) is 30.3 Å². The van der Waals surface area contributed by atoms with E-state index in [1.165, 1.54) is 0 Å². The average Bonchev–Trinajstić information content (AvgIpc) is 2.87. The average molecular weight is 265 g/mol. The molecule has 1 aromatic rings. The van der Waals surface area contributed by atoms with Crippen molar-refractivity contribution in [3.63, 3.8) is 0 Å². The van der Waals surface area contributed by atoms with Crippen LogP contribution in [0.2, 0.25) is 0 Å². The standard InChI is InChI=1S/C13H15NO5/c15-11(8-4-2-1-3-5-8)12(16)14-10-7-19-6-9(10)13(17)18/h1-5,9-11,15H,6-7H2,(H,14,16)(H,17,18). The number of nitrogens with one attached hydrogen (secondary N) is 1. The van der Waals surface area contributed by atoms with Crippen LogP contribution in [0, 0.1) is 5.92 Å². The number of hydrogen-bond donors (Lipinski definition) is 3. The van der Waals surface area contributed by atoms with E-state index in [0.29, 0.717) is 5.56 Å². The van der Waals surface area contributed by atoms with E-state index in [2.05, 4.69) is 5.32 Å². The second-order valence-corrected chi connectivity index (χ2v) is 4.41. The molecule has 0 spiro atoms. The number of amides is 1. The van der Waals surface area contributed by atoms with Crippen LogP contribution in [-0.2, 0) is 14.3 Å². The summed E-state index contributed by atoms with van der Waals surface area (Å²) in [7, 11) is 0. The first-order valence-corrected chi connectivity index (χ1v) is 5.93. The first-order chi connectivity index (χ1) is 9.09. The number of aliphatic carboxylic acids is 1. The molecule has 1 heterocycles. The number of carbonyl (C=O) groups is 2. The van der Waals surface area contributed by atoms with Gasteiger partial charge < -0.3 is 20.3 Å². The monoisotopic (exact) mass is 265 g/mol. The molecule has 0 aliphatic carbocycles. The van der Waals surface area contributed by atoms with Crippen molar-refractivity contribution in [1.82, 2.24) is 5.32 Å². The molecular weight excluding hydrogens is 250 g/mol. The molecule has 1 saturated heterocycles. The highest BCUT2D eigenvalue weighted by Gasteiger charge is 2.36. The van der Waals surface area contributed by atoms with Gasteiger partial charge in [0.05, 0.1) is 19.3 Å². The highest BCUT2D eigenvalue weighted by atomic mass is 16.5. The first kappa shape index (κ1) is 13.5. The third-order valence-electron chi connectivity index (χ3n) is 3.09. The van der Waals surface area contributed by atoms with Crippen LogP contribution in [0.4, 0.5) is 0 Å². The second kappa shape index (κ2) is 5.81. The molecule has 19 heavy (non-hydrogen) atoms. The van der Waals surface area contributed by atoms with Gasteiger partial charge in [-0.05, 0) is 5.56 Å². The Balaban J connectivity index is 1.99. The van der Waals surface area contributed by atoms with Crippen molar-refractivity contribution in [3.8, 4) is 0 Å². The van der Waals surface area contributed by atoms with E-state index in [1.807, 2.05) is 0 Å². The Bertz CT molecular complexity index is 461. The first-order valence-electron chi connectivity index (χ1n) is 5.93. The fourth-order valence-electron chi connectivity index (χ4n) is 1.99. The number of ether oxygens (including phenoxy) is 1. The molecule has 102 valence electrons. The zero-order valence-electron chi connectivity index (χ0n) is 10.2. The third-order valence-corrected chi connectivity index (χ3v) is 3.09. The lowest BCUT2D eigenvalue weighted by atomic mass is 10.0. The molecule has 1 aliphatic rings. The van der Waals surface area contributed by atoms with Crippen LogP contribution in [0.3, 0.4) is 0 Å². The summed E-state index contributed by atoms with van der Waals surface area (Å²) in [5.74, 6) is -2.41. The Hall–Kier alpha value is -1.92. The molecule has 1 amide bonds. The summed E-state index contributed by atoms with van der Waals surface area (Å²) in [6.07, 6.45) is -1.31. The highest BCUT2D eigenvalue weighted by Crippen LogP contribution is 2.17. The predicted octanol–water partition coefficient (Wildman–Crippen LogP) is -0.0642. The Morgan fingerprint density at radius 1 is 1.26 bits per heavy atom. The number of carboxylic acids is 1. The number of carbonyl (C=O) groups excluding carboxylic acids is 1. The van der Waals surface area contributed by atoms with Crippen molar-refractivity contribution in [1.29, 1.82) is 0 Å². The lowest BCUT2D eigenvalue weighted by Gasteiger charge is -2.18. The van der Waals surface area contributed by atoms with Crippen molar-refractivity contribution < 1.29 is 24.5 Å². The van der Waals surface area contributed by atoms with Gasteiger partial charge in [0.1, 0.15) is 5.92 Å². The van der Waals surface area contributed by atoms with Crippen LogP contribution in [0.25, 0.3) is 0 Å². The number of aliphatic hydroxyl groups excluding tert-OH is 1. The molecule has 1 aromatic carbocycles. The zero-order valence-corrected chi connectivity index (χ0v) is 10.2. The van der Waals surface area contributed by atoms with Gasteiger partial charge in [0.2, 0.25) is 0 Å². The largest absolute Gasteiger partial charge is 0.481 e. The van der Waals surface area contributed by atoms with Crippen LogP contribution < -0.4 is 5.32 Å². The molecule has 0 radical (unpaired) electrons. The normalized spacial score (nSPS) is 23.8. The van der Waals surface area contributed by atoms with Crippen molar-refractivity contribution >= 4 is 11.9 Å². The number of aliphatic hydroxyl groups is 1. The highest BCUT2D eigenvalue weighted by molar-refractivity contribution is 5.83. The van der Waals surface area contributed by atoms with Crippen LogP contribution >= 0.6 is 0 Å². The minimum absolute atomic E-state index is 0.0711. The maximum atomic E-state index is 11.9. The number of benzene rings is 1. The van der Waals surface area contributed by atoms with E-state index in [9.17, 15) is 14.7 Å². The predicted molar refractivity (Wildman–Crippen MR) is 65.3 cm³/mol. The van der Waals surface area contributed by atoms with E-state index in [0.717, 1.165) is 0 Å². The number of hydrogen-bond acceptors (Lipinski definition) is 4. The lowest BCUT2D eigenvalue weighted by Crippen LogP contribution is -2.44. The molecule has 0 aromatic heterocycles. The van der Waals surface area contributed by atoms with E-state index in [1.54, 1.807) is 30.3 Å². The van der Waals surface area contributed by atoms with Crippen molar-refractivity contribution in [2.24, 2.45) is 5.92 Å². The Morgan fingerprint density at radius 2 is 1.95 bits per heavy atom. The molecule has 0 saturated carbocycles. The minimum Gasteiger partial charge on any atom is -0.481 e. The molecule has 0 bridgehead atoms. The van der Waals surface area contributed by atoms with Gasteiger partial charge in [-0.2, -0.15) is 0 Å². The topological polar surface area (TPSA) is 95.9 Å². The summed E-state index contributed by atoms with van der Waals surface area (Å²) in [5, 5.41) is 21.3. The molecule has 3 atom stereocenters. The van der Waals surface area contributed by atoms with Gasteiger partial charge in [-0.1, -0.05) is 30.3 Å². The Morgan fingerprint density at radius 3 is 2.58 bits per heavy atom. The van der Waals surface area contributed by atoms with Crippen molar-refractivity contribution in [3.05, 3.63) is 35.9 Å². The number of rotatable bonds is 4. The summed E-state index contributed by atoms with van der Waals surface area (Å²) in [5.41, 5.74) is 0.464. The Labute approximate surface area is 110 Å². The van der Waals surface area contributed by atoms with Gasteiger partial charge in [0.15, 0.2) is 6.10 Å². The molecule has 1 fully saturated rings. The van der Waals surface area contributed by atoms with Gasteiger partial charge in [-0.25, -0.2) is 0 Å². The number of carboxylic acid groups (broad SMARTS) is 1. The van der Waals surface area contributed by atoms with Crippen LogP contribution in [-0.4, -0.2) is 41.3 Å². The van der Waals surface area contributed by atoms with E-state index in [4.69, 9.17) is 9.84 Å². The maximum absolute atomic E-state index is 11.9. The van der Waals surface area contributed by atoms with Crippen LogP contribution in [0.5, 0.6) is 0 Å². The Kier molecular flexibility index (Phi) is 4.13. The summed E-state index contributed by atoms with van der Waals surface area (Å²) in [4.78, 5) is 22.8. The third kappa shape index (κ3) is 3.10. The maximum Gasteiger partial charge on any atom is 0.311 e. The van der Waals surface area contributed by atoms with E-state index < -0.39 is 29.9 Å². The zero-order chi connectivity index (χ0) is 13.8. The summed E-state index contributed by atoms with van der Waals surface area (Å²) < 4.78 is 5.04. The van der Waals surface area contributed by atoms with Crippen molar-refractivity contribution in [2.75, 3.05) is 13.2 Å². The fraction of sp³-hybridized carbons (Fsp3) is 0.385. The van der Waals surface area contributed by atoms with Gasteiger partial charge in [0.25, 0.3) is 5.91 Å².